The average molecular weight is 1020 g/mol. The molecule has 75 heavy (non-hydrogen) atoms. The van der Waals surface area contributed by atoms with Gasteiger partial charge in [0.05, 0.1) is 0 Å². The third kappa shape index (κ3) is 12.1. The van der Waals surface area contributed by atoms with Crippen LogP contribution in [0.3, 0.4) is 0 Å². The van der Waals surface area contributed by atoms with Crippen molar-refractivity contribution in [1.82, 2.24) is 0 Å². The first-order chi connectivity index (χ1) is 35.2. The van der Waals surface area contributed by atoms with E-state index in [-0.39, 0.29) is 39.9 Å². The fourth-order valence-electron chi connectivity index (χ4n) is 16.0. The second-order valence-electron chi connectivity index (χ2n) is 29.4. The molecule has 0 spiro atoms. The summed E-state index contributed by atoms with van der Waals surface area (Å²) in [6.07, 6.45) is 33.4. The molecular formula is C75H114. The van der Waals surface area contributed by atoms with Gasteiger partial charge in [-0.3, -0.25) is 0 Å². The van der Waals surface area contributed by atoms with Crippen LogP contribution in [-0.4, -0.2) is 0 Å². The summed E-state index contributed by atoms with van der Waals surface area (Å²) >= 11 is 0. The first-order valence-corrected chi connectivity index (χ1v) is 31.8. The van der Waals surface area contributed by atoms with E-state index in [0.717, 1.165) is 23.7 Å². The Hall–Kier alpha value is -3.12. The molecule has 6 aliphatic rings. The maximum absolute atomic E-state index is 2.83. The molecule has 414 valence electrons. The van der Waals surface area contributed by atoms with Crippen molar-refractivity contribution in [3.05, 3.63) is 105 Å². The standard InChI is InChI=1S/C70H98.2C2H6.CH4/c1-65(2,3)51-33-35-55-59(39-51)69(43-47-25-17-13-18-26-47,44-48-27-19-14-20-28-48)61-41-53(67(7,8)9)37-57(63(55)61)58-38-54(68(10,11)12)42-62-64(58)56-36-34-52(66(4,5)6)40-60(56)70(62,45-49-29-21-15-22-30-49)46-50-31-23-16-24-32-50;2*1-2;/h33-42,47-50H,13-32,43-46H2,1-12H3;2*1-2H3;1H4. The van der Waals surface area contributed by atoms with E-state index in [1.807, 2.05) is 27.7 Å². The van der Waals surface area contributed by atoms with Crippen molar-refractivity contribution in [2.24, 2.45) is 23.7 Å². The van der Waals surface area contributed by atoms with Crippen LogP contribution in [0, 0.1) is 23.7 Å². The number of hydrogen-bond acceptors (Lipinski definition) is 0. The zero-order valence-electron chi connectivity index (χ0n) is 51.1. The Morgan fingerprint density at radius 2 is 0.547 bits per heavy atom. The fraction of sp³-hybridized carbons (Fsp3) is 0.680. The van der Waals surface area contributed by atoms with E-state index < -0.39 is 0 Å². The molecule has 0 heterocycles. The van der Waals surface area contributed by atoms with E-state index in [1.165, 1.54) is 176 Å². The van der Waals surface area contributed by atoms with E-state index in [0.29, 0.717) is 0 Å². The van der Waals surface area contributed by atoms with Crippen molar-refractivity contribution in [3.8, 4) is 33.4 Å². The van der Waals surface area contributed by atoms with Gasteiger partial charge in [0.15, 0.2) is 0 Å². The molecule has 0 amide bonds. The summed E-state index contributed by atoms with van der Waals surface area (Å²) in [5.74, 6) is 3.14. The van der Waals surface area contributed by atoms with Crippen molar-refractivity contribution in [3.63, 3.8) is 0 Å². The van der Waals surface area contributed by atoms with Crippen LogP contribution >= 0.6 is 0 Å². The van der Waals surface area contributed by atoms with Crippen LogP contribution < -0.4 is 0 Å². The smallest absolute Gasteiger partial charge is 0.0220 e. The van der Waals surface area contributed by atoms with Crippen molar-refractivity contribution in [2.75, 3.05) is 0 Å². The molecule has 4 fully saturated rings. The summed E-state index contributed by atoms with van der Waals surface area (Å²) in [5, 5.41) is 0. The Morgan fingerprint density at radius 3 is 0.787 bits per heavy atom. The molecule has 0 atom stereocenters. The van der Waals surface area contributed by atoms with Gasteiger partial charge in [-0.05, 0) is 161 Å². The SMILES string of the molecule is C.CC.CC.CC(C)(C)c1ccc2c(c1)C(CC1CCCCC1)(CC1CCCCC1)c1cc(C(C)(C)C)cc(-c3cc(C(C)(C)C)cc4c3-c3ccc(C(C)(C)C)cc3C4(CC3CCCCC3)CC3CCCCC3)c1-2. The lowest BCUT2D eigenvalue weighted by Crippen LogP contribution is -2.33. The topological polar surface area (TPSA) is 0 Å². The maximum Gasteiger partial charge on any atom is 0.0220 e. The molecule has 4 saturated carbocycles. The normalized spacial score (nSPS) is 20.1. The van der Waals surface area contributed by atoms with Gasteiger partial charge in [-0.1, -0.05) is 295 Å². The van der Waals surface area contributed by atoms with Gasteiger partial charge < -0.3 is 0 Å². The number of benzene rings is 4. The summed E-state index contributed by atoms with van der Waals surface area (Å²) in [7, 11) is 0. The third-order valence-electron chi connectivity index (χ3n) is 20.1. The molecule has 0 aromatic heterocycles. The van der Waals surface area contributed by atoms with Gasteiger partial charge in [0.25, 0.3) is 0 Å². The lowest BCUT2D eigenvalue weighted by molar-refractivity contribution is 0.226. The van der Waals surface area contributed by atoms with Gasteiger partial charge in [-0.15, -0.1) is 0 Å². The molecule has 0 nitrogen and oxygen atoms in total. The highest BCUT2D eigenvalue weighted by Crippen LogP contribution is 2.64. The molecule has 0 heteroatoms. The van der Waals surface area contributed by atoms with Gasteiger partial charge in [-0.25, -0.2) is 0 Å². The zero-order chi connectivity index (χ0) is 53.4. The minimum atomic E-state index is 0. The van der Waals surface area contributed by atoms with Crippen molar-refractivity contribution >= 4 is 0 Å². The summed E-state index contributed by atoms with van der Waals surface area (Å²) in [6, 6.07) is 27.2. The second kappa shape index (κ2) is 23.7. The molecule has 0 aliphatic heterocycles. The van der Waals surface area contributed by atoms with Gasteiger partial charge in [0, 0.05) is 10.8 Å². The Morgan fingerprint density at radius 1 is 0.307 bits per heavy atom. The molecule has 0 bridgehead atoms. The molecule has 0 saturated heterocycles. The number of rotatable bonds is 9. The van der Waals surface area contributed by atoms with Gasteiger partial charge >= 0.3 is 0 Å². The predicted octanol–water partition coefficient (Wildman–Crippen LogP) is 23.6. The van der Waals surface area contributed by atoms with Crippen LogP contribution in [0.15, 0.2) is 60.7 Å². The first kappa shape index (κ1) is 59.5. The average Bonchev–Trinajstić information content (AvgIpc) is 3.83. The van der Waals surface area contributed by atoms with E-state index in [2.05, 4.69) is 144 Å². The Balaban J connectivity index is 0.00000160. The minimum absolute atomic E-state index is 0. The lowest BCUT2D eigenvalue weighted by atomic mass is 9.62. The molecule has 10 rings (SSSR count). The molecule has 6 aliphatic carbocycles. The number of hydrogen-bond donors (Lipinski definition) is 0. The number of fused-ring (bicyclic) bond motifs is 6. The van der Waals surface area contributed by atoms with E-state index in [4.69, 9.17) is 0 Å². The largest absolute Gasteiger partial charge is 0.0776 e. The van der Waals surface area contributed by atoms with Crippen molar-refractivity contribution < 1.29 is 0 Å². The van der Waals surface area contributed by atoms with Crippen LogP contribution in [0.2, 0.25) is 0 Å². The monoisotopic (exact) mass is 1010 g/mol. The Labute approximate surface area is 464 Å². The lowest BCUT2D eigenvalue weighted by Gasteiger charge is -2.41. The zero-order valence-corrected chi connectivity index (χ0v) is 51.1. The molecule has 4 aromatic rings. The Kier molecular flexibility index (Phi) is 18.8. The van der Waals surface area contributed by atoms with E-state index in [9.17, 15) is 0 Å². The third-order valence-corrected chi connectivity index (χ3v) is 20.1. The quantitative estimate of drug-likeness (QED) is 0.157. The van der Waals surface area contributed by atoms with Gasteiger partial charge in [0.2, 0.25) is 0 Å². The predicted molar refractivity (Wildman–Crippen MR) is 333 cm³/mol. The van der Waals surface area contributed by atoms with Crippen molar-refractivity contribution in [2.45, 2.75) is 305 Å². The van der Waals surface area contributed by atoms with Gasteiger partial charge in [-0.2, -0.15) is 0 Å². The highest BCUT2D eigenvalue weighted by atomic mass is 14.5. The second-order valence-corrected chi connectivity index (χ2v) is 29.4. The summed E-state index contributed by atoms with van der Waals surface area (Å²) in [4.78, 5) is 0. The van der Waals surface area contributed by atoms with Gasteiger partial charge in [0.1, 0.15) is 0 Å². The van der Waals surface area contributed by atoms with Crippen LogP contribution in [0.25, 0.3) is 33.4 Å². The fourth-order valence-corrected chi connectivity index (χ4v) is 16.0. The molecule has 0 unspecified atom stereocenters. The highest BCUT2D eigenvalue weighted by Gasteiger charge is 2.51. The van der Waals surface area contributed by atoms with E-state index in [1.54, 1.807) is 55.6 Å². The molecule has 0 N–H and O–H groups in total. The van der Waals surface area contributed by atoms with Crippen LogP contribution in [0.5, 0.6) is 0 Å². The van der Waals surface area contributed by atoms with Crippen molar-refractivity contribution in [1.29, 1.82) is 0 Å². The van der Waals surface area contributed by atoms with E-state index >= 15 is 0 Å². The Bertz CT molecular complexity index is 2290. The summed E-state index contributed by atoms with van der Waals surface area (Å²) in [5.41, 5.74) is 22.6. The molecule has 0 radical (unpaired) electrons. The highest BCUT2D eigenvalue weighted by molar-refractivity contribution is 6.01. The summed E-state index contributed by atoms with van der Waals surface area (Å²) < 4.78 is 0. The minimum Gasteiger partial charge on any atom is -0.0776 e. The first-order valence-electron chi connectivity index (χ1n) is 31.8. The molecule has 4 aromatic carbocycles. The summed E-state index contributed by atoms with van der Waals surface area (Å²) in [6.45, 7) is 37.8. The maximum atomic E-state index is 2.83. The molecular weight excluding hydrogens is 901 g/mol. The van der Waals surface area contributed by atoms with Crippen LogP contribution in [0.1, 0.15) is 317 Å². The van der Waals surface area contributed by atoms with Crippen LogP contribution in [0.4, 0.5) is 0 Å². The van der Waals surface area contributed by atoms with Crippen LogP contribution in [-0.2, 0) is 32.5 Å².